The smallest absolute Gasteiger partial charge is 0.270 e. The fourth-order valence-corrected chi connectivity index (χ4v) is 5.30. The van der Waals surface area contributed by atoms with Crippen molar-refractivity contribution in [3.05, 3.63) is 88.5 Å². The van der Waals surface area contributed by atoms with Crippen LogP contribution in [0.4, 0.5) is 17.1 Å². The molecule has 0 unspecified atom stereocenters. The number of sulfonamides is 1. The van der Waals surface area contributed by atoms with Gasteiger partial charge in [0.05, 0.1) is 17.7 Å². The van der Waals surface area contributed by atoms with Crippen LogP contribution in [-0.4, -0.2) is 26.2 Å². The molecule has 0 saturated heterocycles. The number of benzene rings is 3. The van der Waals surface area contributed by atoms with Gasteiger partial charge in [0, 0.05) is 23.5 Å². The van der Waals surface area contributed by atoms with Crippen molar-refractivity contribution in [3.8, 4) is 5.75 Å². The molecule has 1 aliphatic carbocycles. The number of nitro benzene ring substituents is 1. The maximum absolute atomic E-state index is 13.1. The van der Waals surface area contributed by atoms with Crippen molar-refractivity contribution in [1.29, 1.82) is 0 Å². The Labute approximate surface area is 204 Å². The molecule has 1 aliphatic rings. The first-order chi connectivity index (χ1) is 16.9. The minimum Gasteiger partial charge on any atom is -0.497 e. The van der Waals surface area contributed by atoms with E-state index >= 15 is 0 Å². The normalized spacial score (nSPS) is 15.8. The molecule has 0 atom stereocenters. The van der Waals surface area contributed by atoms with Gasteiger partial charge in [-0.05, 0) is 67.5 Å². The average molecular weight is 495 g/mol. The number of rotatable bonds is 8. The zero-order valence-electron chi connectivity index (χ0n) is 19.2. The summed E-state index contributed by atoms with van der Waals surface area (Å²) in [5, 5.41) is 15.7. The molecule has 10 heteroatoms. The van der Waals surface area contributed by atoms with E-state index in [1.54, 1.807) is 24.3 Å². The fourth-order valence-electron chi connectivity index (χ4n) is 4.07. The minimum atomic E-state index is -4.14. The van der Waals surface area contributed by atoms with Crippen LogP contribution in [0.25, 0.3) is 0 Å². The third-order valence-electron chi connectivity index (χ3n) is 5.98. The van der Waals surface area contributed by atoms with Crippen LogP contribution in [0.15, 0.2) is 82.8 Å². The number of nitrogens with zero attached hydrogens (tertiary/aromatic N) is 2. The van der Waals surface area contributed by atoms with Crippen molar-refractivity contribution in [3.63, 3.8) is 0 Å². The summed E-state index contributed by atoms with van der Waals surface area (Å²) in [6.45, 7) is 0. The molecule has 4 rings (SSSR count). The van der Waals surface area contributed by atoms with Gasteiger partial charge in [0.2, 0.25) is 0 Å². The van der Waals surface area contributed by atoms with Crippen LogP contribution in [0.2, 0.25) is 0 Å². The first-order valence-corrected chi connectivity index (χ1v) is 12.7. The van der Waals surface area contributed by atoms with E-state index in [-0.39, 0.29) is 16.3 Å². The van der Waals surface area contributed by atoms with Gasteiger partial charge in [0.1, 0.15) is 10.6 Å². The van der Waals surface area contributed by atoms with E-state index in [2.05, 4.69) is 27.4 Å². The van der Waals surface area contributed by atoms with Gasteiger partial charge < -0.3 is 4.74 Å². The van der Waals surface area contributed by atoms with Crippen LogP contribution in [0.3, 0.4) is 0 Å². The predicted molar refractivity (Wildman–Crippen MR) is 136 cm³/mol. The molecule has 0 aliphatic heterocycles. The molecule has 9 nitrogen and oxygen atoms in total. The standard InChI is InChI=1S/C25H26N4O5S/c1-34-23-14-11-21(12-15-23)28-35(32,33)25-17-22(29(30)31)13-16-24(25)27-26-20-9-7-19(8-10-20)18-5-3-2-4-6-18/h2-6,11-17,19,27-28H,7-10H2,1H3. The molecule has 0 aromatic heterocycles. The summed E-state index contributed by atoms with van der Waals surface area (Å²) < 4.78 is 33.8. The first kappa shape index (κ1) is 24.2. The Hall–Kier alpha value is -3.92. The van der Waals surface area contributed by atoms with Gasteiger partial charge >= 0.3 is 0 Å². The molecule has 3 aromatic carbocycles. The molecule has 0 amide bonds. The number of methoxy groups -OCH3 is 1. The monoisotopic (exact) mass is 494 g/mol. The van der Waals surface area contributed by atoms with Crippen LogP contribution in [0, 0.1) is 10.1 Å². The molecule has 1 saturated carbocycles. The number of hydrogen-bond donors (Lipinski definition) is 2. The minimum absolute atomic E-state index is 0.161. The highest BCUT2D eigenvalue weighted by molar-refractivity contribution is 7.92. The molecule has 2 N–H and O–H groups in total. The second-order valence-corrected chi connectivity index (χ2v) is 9.90. The molecule has 0 radical (unpaired) electrons. The summed E-state index contributed by atoms with van der Waals surface area (Å²) in [4.78, 5) is 10.4. The zero-order chi connectivity index (χ0) is 24.8. The van der Waals surface area contributed by atoms with Crippen LogP contribution in [0.1, 0.15) is 37.2 Å². The van der Waals surface area contributed by atoms with E-state index in [1.807, 2.05) is 18.2 Å². The van der Waals surface area contributed by atoms with Gasteiger partial charge in [0.15, 0.2) is 0 Å². The highest BCUT2D eigenvalue weighted by atomic mass is 32.2. The molecule has 182 valence electrons. The highest BCUT2D eigenvalue weighted by Crippen LogP contribution is 2.32. The molecule has 3 aromatic rings. The lowest BCUT2D eigenvalue weighted by molar-refractivity contribution is -0.385. The highest BCUT2D eigenvalue weighted by Gasteiger charge is 2.24. The van der Waals surface area contributed by atoms with Crippen LogP contribution in [-0.2, 0) is 10.0 Å². The summed E-state index contributed by atoms with van der Waals surface area (Å²) in [5.41, 5.74) is 5.21. The summed E-state index contributed by atoms with van der Waals surface area (Å²) in [6.07, 6.45) is 3.47. The van der Waals surface area contributed by atoms with Crippen molar-refractivity contribution in [2.24, 2.45) is 5.10 Å². The van der Waals surface area contributed by atoms with Crippen molar-refractivity contribution in [2.45, 2.75) is 36.5 Å². The number of nitrogens with one attached hydrogen (secondary N) is 2. The molecule has 0 bridgehead atoms. The van der Waals surface area contributed by atoms with E-state index in [1.165, 1.54) is 24.8 Å². The molecule has 1 fully saturated rings. The van der Waals surface area contributed by atoms with Crippen LogP contribution < -0.4 is 14.9 Å². The average Bonchev–Trinajstić information content (AvgIpc) is 2.88. The summed E-state index contributed by atoms with van der Waals surface area (Å²) >= 11 is 0. The Morgan fingerprint density at radius 3 is 2.31 bits per heavy atom. The van der Waals surface area contributed by atoms with Crippen molar-refractivity contribution in [2.75, 3.05) is 17.3 Å². The number of hydrogen-bond acceptors (Lipinski definition) is 7. The number of non-ortho nitro benzene ring substituents is 1. The number of anilines is 2. The van der Waals surface area contributed by atoms with Gasteiger partial charge in [-0.1, -0.05) is 30.3 Å². The first-order valence-electron chi connectivity index (χ1n) is 11.2. The van der Waals surface area contributed by atoms with E-state index in [0.717, 1.165) is 37.5 Å². The van der Waals surface area contributed by atoms with Crippen LogP contribution >= 0.6 is 0 Å². The molecular formula is C25H26N4O5S. The lowest BCUT2D eigenvalue weighted by Gasteiger charge is -2.23. The van der Waals surface area contributed by atoms with Gasteiger partial charge in [-0.15, -0.1) is 0 Å². The number of hydrazone groups is 1. The summed E-state index contributed by atoms with van der Waals surface area (Å²) in [7, 11) is -2.63. The molecular weight excluding hydrogens is 468 g/mol. The van der Waals surface area contributed by atoms with E-state index in [9.17, 15) is 18.5 Å². The SMILES string of the molecule is COc1ccc(NS(=O)(=O)c2cc([N+](=O)[O-])ccc2NN=C2CCC(c3ccccc3)CC2)cc1. The van der Waals surface area contributed by atoms with Crippen LogP contribution in [0.5, 0.6) is 5.75 Å². The maximum atomic E-state index is 13.1. The van der Waals surface area contributed by atoms with Gasteiger partial charge in [-0.25, -0.2) is 8.42 Å². The molecule has 0 heterocycles. The van der Waals surface area contributed by atoms with Crippen molar-refractivity contribution < 1.29 is 18.1 Å². The third kappa shape index (κ3) is 5.96. The largest absolute Gasteiger partial charge is 0.497 e. The zero-order valence-corrected chi connectivity index (χ0v) is 20.0. The fraction of sp³-hybridized carbons (Fsp3) is 0.240. The number of nitro groups is 1. The molecule has 35 heavy (non-hydrogen) atoms. The topological polar surface area (TPSA) is 123 Å². The van der Waals surface area contributed by atoms with E-state index < -0.39 is 14.9 Å². The molecule has 0 spiro atoms. The second kappa shape index (κ2) is 10.6. The lowest BCUT2D eigenvalue weighted by Crippen LogP contribution is -2.16. The number of ether oxygens (including phenoxy) is 1. The van der Waals surface area contributed by atoms with E-state index in [0.29, 0.717) is 17.4 Å². The van der Waals surface area contributed by atoms with Crippen molar-refractivity contribution >= 4 is 32.8 Å². The van der Waals surface area contributed by atoms with Gasteiger partial charge in [0.25, 0.3) is 15.7 Å². The summed E-state index contributed by atoms with van der Waals surface area (Å²) in [6, 6.07) is 20.3. The predicted octanol–water partition coefficient (Wildman–Crippen LogP) is 5.53. The Bertz CT molecular complexity index is 1320. The quantitative estimate of drug-likeness (QED) is 0.313. The summed E-state index contributed by atoms with van der Waals surface area (Å²) in [5.74, 6) is 1.04. The Kier molecular flexibility index (Phi) is 7.31. The maximum Gasteiger partial charge on any atom is 0.270 e. The second-order valence-electron chi connectivity index (χ2n) is 8.25. The Morgan fingerprint density at radius 1 is 1.00 bits per heavy atom. The third-order valence-corrected chi connectivity index (χ3v) is 7.40. The van der Waals surface area contributed by atoms with Gasteiger partial charge in [-0.2, -0.15) is 5.10 Å². The van der Waals surface area contributed by atoms with Gasteiger partial charge in [-0.3, -0.25) is 20.3 Å². The van der Waals surface area contributed by atoms with Crippen molar-refractivity contribution in [1.82, 2.24) is 0 Å². The Morgan fingerprint density at radius 2 is 1.69 bits per heavy atom. The lowest BCUT2D eigenvalue weighted by atomic mass is 9.83. The van der Waals surface area contributed by atoms with E-state index in [4.69, 9.17) is 4.74 Å². The Balaban J connectivity index is 1.53.